The number of anilines is 1. The van der Waals surface area contributed by atoms with Crippen molar-refractivity contribution in [2.24, 2.45) is 0 Å². The topological polar surface area (TPSA) is 68.0 Å². The Hall–Kier alpha value is -2.50. The van der Waals surface area contributed by atoms with Crippen LogP contribution in [0.4, 0.5) is 14.6 Å². The fourth-order valence-electron chi connectivity index (χ4n) is 1.74. The van der Waals surface area contributed by atoms with Crippen LogP contribution in [0.25, 0.3) is 0 Å². The van der Waals surface area contributed by atoms with Gasteiger partial charge in [0.2, 0.25) is 0 Å². The number of halogens is 2. The molecule has 0 saturated carbocycles. The van der Waals surface area contributed by atoms with Gasteiger partial charge in [0.15, 0.2) is 0 Å². The third-order valence-corrected chi connectivity index (χ3v) is 2.77. The molecule has 4 nitrogen and oxygen atoms in total. The van der Waals surface area contributed by atoms with E-state index in [-0.39, 0.29) is 23.7 Å². The van der Waals surface area contributed by atoms with Crippen LogP contribution in [0.1, 0.15) is 15.9 Å². The van der Waals surface area contributed by atoms with E-state index in [9.17, 15) is 13.6 Å². The molecule has 2 aromatic rings. The van der Waals surface area contributed by atoms with Gasteiger partial charge in [0.1, 0.15) is 17.5 Å². The van der Waals surface area contributed by atoms with E-state index in [1.165, 1.54) is 6.07 Å². The van der Waals surface area contributed by atoms with Crippen LogP contribution in [-0.4, -0.2) is 17.4 Å². The second-order valence-electron chi connectivity index (χ2n) is 4.18. The molecule has 1 aromatic heterocycles. The molecule has 0 saturated heterocycles. The highest BCUT2D eigenvalue weighted by atomic mass is 19.1. The number of nitrogens with one attached hydrogen (secondary N) is 1. The van der Waals surface area contributed by atoms with Crippen molar-refractivity contribution < 1.29 is 13.6 Å². The van der Waals surface area contributed by atoms with E-state index in [0.717, 1.165) is 12.3 Å². The molecule has 0 aliphatic carbocycles. The maximum atomic E-state index is 13.4. The van der Waals surface area contributed by atoms with Crippen molar-refractivity contribution in [3.63, 3.8) is 0 Å². The number of hydrogen-bond acceptors (Lipinski definition) is 3. The molecule has 0 radical (unpaired) electrons. The van der Waals surface area contributed by atoms with Crippen molar-refractivity contribution in [3.05, 3.63) is 59.3 Å². The number of nitrogen functional groups attached to an aromatic ring is 1. The number of nitrogens with two attached hydrogens (primary N) is 1. The second kappa shape index (κ2) is 6.10. The number of rotatable bonds is 4. The van der Waals surface area contributed by atoms with Gasteiger partial charge in [-0.05, 0) is 24.1 Å². The molecule has 0 aliphatic rings. The zero-order chi connectivity index (χ0) is 14.5. The van der Waals surface area contributed by atoms with Crippen molar-refractivity contribution in [2.75, 3.05) is 12.3 Å². The molecule has 0 fully saturated rings. The maximum absolute atomic E-state index is 13.4. The van der Waals surface area contributed by atoms with E-state index in [0.29, 0.717) is 12.0 Å². The van der Waals surface area contributed by atoms with Crippen molar-refractivity contribution in [2.45, 2.75) is 6.42 Å². The van der Waals surface area contributed by atoms with Crippen LogP contribution in [0, 0.1) is 11.6 Å². The highest BCUT2D eigenvalue weighted by Gasteiger charge is 2.11. The van der Waals surface area contributed by atoms with E-state index < -0.39 is 11.7 Å². The van der Waals surface area contributed by atoms with E-state index in [1.807, 2.05) is 0 Å². The maximum Gasteiger partial charge on any atom is 0.255 e. The van der Waals surface area contributed by atoms with Gasteiger partial charge < -0.3 is 11.1 Å². The summed E-state index contributed by atoms with van der Waals surface area (Å²) in [6, 6.07) is 7.32. The van der Waals surface area contributed by atoms with Crippen molar-refractivity contribution >= 4 is 11.7 Å². The summed E-state index contributed by atoms with van der Waals surface area (Å²) in [6.45, 7) is 0.218. The number of carbonyl (C=O) groups excluding carboxylic acids is 1. The van der Waals surface area contributed by atoms with Gasteiger partial charge in [-0.3, -0.25) is 4.79 Å². The van der Waals surface area contributed by atoms with E-state index in [2.05, 4.69) is 10.3 Å². The van der Waals surface area contributed by atoms with Gasteiger partial charge in [-0.25, -0.2) is 13.8 Å². The van der Waals surface area contributed by atoms with Gasteiger partial charge in [-0.2, -0.15) is 0 Å². The normalized spacial score (nSPS) is 10.3. The first kappa shape index (κ1) is 13.9. The van der Waals surface area contributed by atoms with Crippen LogP contribution in [-0.2, 0) is 6.42 Å². The Balaban J connectivity index is 1.96. The molecule has 3 N–H and O–H groups in total. The van der Waals surface area contributed by atoms with Crippen LogP contribution < -0.4 is 11.1 Å². The molecule has 0 spiro atoms. The van der Waals surface area contributed by atoms with Gasteiger partial charge in [-0.15, -0.1) is 0 Å². The smallest absolute Gasteiger partial charge is 0.255 e. The van der Waals surface area contributed by atoms with Crippen molar-refractivity contribution in [3.8, 4) is 0 Å². The fourth-order valence-corrected chi connectivity index (χ4v) is 1.74. The summed E-state index contributed by atoms with van der Waals surface area (Å²) in [4.78, 5) is 15.4. The van der Waals surface area contributed by atoms with Crippen molar-refractivity contribution in [1.82, 2.24) is 10.3 Å². The van der Waals surface area contributed by atoms with Crippen LogP contribution in [0.2, 0.25) is 0 Å². The first-order valence-corrected chi connectivity index (χ1v) is 6.00. The Morgan fingerprint density at radius 2 is 2.05 bits per heavy atom. The Morgan fingerprint density at radius 3 is 2.80 bits per heavy atom. The monoisotopic (exact) mass is 277 g/mol. The Morgan fingerprint density at radius 1 is 1.30 bits per heavy atom. The number of aromatic nitrogens is 1. The molecule has 0 atom stereocenters. The molecule has 0 bridgehead atoms. The Labute approximate surface area is 114 Å². The number of amides is 1. The molecular weight excluding hydrogens is 264 g/mol. The summed E-state index contributed by atoms with van der Waals surface area (Å²) in [6.07, 6.45) is 1.27. The summed E-state index contributed by atoms with van der Waals surface area (Å²) >= 11 is 0. The van der Waals surface area contributed by atoms with Crippen LogP contribution in [0.5, 0.6) is 0 Å². The SMILES string of the molecule is Nc1ncc(F)cc1C(=O)NCCc1ccccc1F. The summed E-state index contributed by atoms with van der Waals surface area (Å²) in [5, 5.41) is 2.55. The number of hydrogen-bond donors (Lipinski definition) is 2. The number of carbonyl (C=O) groups is 1. The number of benzene rings is 1. The third kappa shape index (κ3) is 3.28. The lowest BCUT2D eigenvalue weighted by Crippen LogP contribution is -2.27. The zero-order valence-corrected chi connectivity index (χ0v) is 10.6. The van der Waals surface area contributed by atoms with Gasteiger partial charge in [0.25, 0.3) is 5.91 Å². The number of nitrogens with zero attached hydrogens (tertiary/aromatic N) is 1. The lowest BCUT2D eigenvalue weighted by molar-refractivity contribution is 0.0954. The van der Waals surface area contributed by atoms with Crippen LogP contribution >= 0.6 is 0 Å². The minimum absolute atomic E-state index is 0.0291. The lowest BCUT2D eigenvalue weighted by atomic mass is 10.1. The van der Waals surface area contributed by atoms with Gasteiger partial charge >= 0.3 is 0 Å². The highest BCUT2D eigenvalue weighted by molar-refractivity contribution is 5.98. The third-order valence-electron chi connectivity index (χ3n) is 2.77. The molecule has 1 amide bonds. The lowest BCUT2D eigenvalue weighted by Gasteiger charge is -2.07. The summed E-state index contributed by atoms with van der Waals surface area (Å²) in [7, 11) is 0. The number of pyridine rings is 1. The van der Waals surface area contributed by atoms with Gasteiger partial charge in [0, 0.05) is 6.54 Å². The molecule has 6 heteroatoms. The second-order valence-corrected chi connectivity index (χ2v) is 4.18. The predicted molar refractivity (Wildman–Crippen MR) is 71.0 cm³/mol. The Bertz CT molecular complexity index is 632. The molecular formula is C14H13F2N3O. The average molecular weight is 277 g/mol. The average Bonchev–Trinajstić information content (AvgIpc) is 2.43. The molecule has 0 aliphatic heterocycles. The zero-order valence-electron chi connectivity index (χ0n) is 10.6. The van der Waals surface area contributed by atoms with Crippen LogP contribution in [0.15, 0.2) is 36.5 Å². The minimum Gasteiger partial charge on any atom is -0.383 e. The highest BCUT2D eigenvalue weighted by Crippen LogP contribution is 2.10. The molecule has 2 rings (SSSR count). The summed E-state index contributed by atoms with van der Waals surface area (Å²) in [5.74, 6) is -1.55. The van der Waals surface area contributed by atoms with E-state index in [1.54, 1.807) is 18.2 Å². The standard InChI is InChI=1S/C14H13F2N3O/c15-10-7-11(13(17)19-8-10)14(20)18-6-5-9-3-1-2-4-12(9)16/h1-4,7-8H,5-6H2,(H2,17,19)(H,18,20). The van der Waals surface area contributed by atoms with Crippen LogP contribution in [0.3, 0.4) is 0 Å². The molecule has 1 aromatic carbocycles. The molecule has 0 unspecified atom stereocenters. The van der Waals surface area contributed by atoms with Crippen molar-refractivity contribution in [1.29, 1.82) is 0 Å². The first-order valence-electron chi connectivity index (χ1n) is 6.00. The quantitative estimate of drug-likeness (QED) is 0.897. The van der Waals surface area contributed by atoms with E-state index >= 15 is 0 Å². The molecule has 20 heavy (non-hydrogen) atoms. The molecule has 104 valence electrons. The fraction of sp³-hybridized carbons (Fsp3) is 0.143. The summed E-state index contributed by atoms with van der Waals surface area (Å²) in [5.41, 5.74) is 5.97. The largest absolute Gasteiger partial charge is 0.383 e. The summed E-state index contributed by atoms with van der Waals surface area (Å²) < 4.78 is 26.4. The minimum atomic E-state index is -0.640. The van der Waals surface area contributed by atoms with E-state index in [4.69, 9.17) is 5.73 Å². The molecule has 1 heterocycles. The Kier molecular flexibility index (Phi) is 4.24. The van der Waals surface area contributed by atoms with Gasteiger partial charge in [-0.1, -0.05) is 18.2 Å². The van der Waals surface area contributed by atoms with Gasteiger partial charge in [0.05, 0.1) is 11.8 Å². The first-order chi connectivity index (χ1) is 9.58. The predicted octanol–water partition coefficient (Wildman–Crippen LogP) is 1.91.